The molecule has 0 aliphatic heterocycles. The Hall–Kier alpha value is -1.39. The van der Waals surface area contributed by atoms with Gasteiger partial charge < -0.3 is 9.84 Å². The summed E-state index contributed by atoms with van der Waals surface area (Å²) < 4.78 is 19.0. The number of ether oxygens (including phenoxy) is 1. The molecule has 0 saturated carbocycles. The number of aryl methyl sites for hydroxylation is 1. The number of halogens is 1. The van der Waals surface area contributed by atoms with Gasteiger partial charge in [0.25, 0.3) is 0 Å². The predicted octanol–water partition coefficient (Wildman–Crippen LogP) is 3.54. The number of methoxy groups -OCH3 is 1. The van der Waals surface area contributed by atoms with E-state index in [-0.39, 0.29) is 11.3 Å². The van der Waals surface area contributed by atoms with Crippen molar-refractivity contribution in [3.05, 3.63) is 51.5 Å². The van der Waals surface area contributed by atoms with Crippen molar-refractivity contribution in [3.63, 3.8) is 0 Å². The predicted molar refractivity (Wildman–Crippen MR) is 70.7 cm³/mol. The Morgan fingerprint density at radius 3 is 2.83 bits per heavy atom. The standard InChI is InChI=1S/C14H15FO2S/c1-3-9-7-8-18-14(9)13(16)10-5-4-6-11(17-2)12(10)15/h4-8,13,16H,3H2,1-2H3. The first kappa shape index (κ1) is 13.1. The van der Waals surface area contributed by atoms with E-state index in [0.717, 1.165) is 16.9 Å². The molecule has 96 valence electrons. The van der Waals surface area contributed by atoms with E-state index in [1.807, 2.05) is 18.4 Å². The molecule has 1 aromatic heterocycles. The summed E-state index contributed by atoms with van der Waals surface area (Å²) in [6.45, 7) is 2.01. The maximum absolute atomic E-state index is 14.1. The van der Waals surface area contributed by atoms with Gasteiger partial charge in [-0.25, -0.2) is 4.39 Å². The molecule has 4 heteroatoms. The summed E-state index contributed by atoms with van der Waals surface area (Å²) >= 11 is 1.44. The second-order valence-corrected chi connectivity index (χ2v) is 4.88. The van der Waals surface area contributed by atoms with Crippen molar-refractivity contribution >= 4 is 11.3 Å². The van der Waals surface area contributed by atoms with Crippen LogP contribution in [0, 0.1) is 5.82 Å². The average Bonchev–Trinajstić information content (AvgIpc) is 2.86. The SMILES string of the molecule is CCc1ccsc1C(O)c1cccc(OC)c1F. The maximum Gasteiger partial charge on any atom is 0.171 e. The van der Waals surface area contributed by atoms with Crippen LogP contribution in [-0.2, 0) is 6.42 Å². The lowest BCUT2D eigenvalue weighted by Gasteiger charge is -2.14. The fourth-order valence-electron chi connectivity index (χ4n) is 1.92. The van der Waals surface area contributed by atoms with Crippen LogP contribution in [-0.4, -0.2) is 12.2 Å². The molecule has 0 fully saturated rings. The monoisotopic (exact) mass is 266 g/mol. The summed E-state index contributed by atoms with van der Waals surface area (Å²) in [5.41, 5.74) is 1.31. The first-order valence-corrected chi connectivity index (χ1v) is 6.63. The zero-order valence-electron chi connectivity index (χ0n) is 10.3. The normalized spacial score (nSPS) is 12.4. The molecule has 1 N–H and O–H groups in total. The van der Waals surface area contributed by atoms with Gasteiger partial charge in [0.1, 0.15) is 6.10 Å². The molecule has 0 bridgehead atoms. The first-order valence-electron chi connectivity index (χ1n) is 5.75. The average molecular weight is 266 g/mol. The zero-order chi connectivity index (χ0) is 13.1. The van der Waals surface area contributed by atoms with Crippen LogP contribution >= 0.6 is 11.3 Å². The third-order valence-electron chi connectivity index (χ3n) is 2.92. The number of thiophene rings is 1. The van der Waals surface area contributed by atoms with E-state index in [9.17, 15) is 9.50 Å². The highest BCUT2D eigenvalue weighted by Crippen LogP contribution is 2.33. The van der Waals surface area contributed by atoms with Crippen LogP contribution in [0.15, 0.2) is 29.6 Å². The number of hydrogen-bond acceptors (Lipinski definition) is 3. The Bertz CT molecular complexity index is 536. The second-order valence-electron chi connectivity index (χ2n) is 3.93. The van der Waals surface area contributed by atoms with Gasteiger partial charge >= 0.3 is 0 Å². The third-order valence-corrected chi connectivity index (χ3v) is 3.93. The molecule has 0 spiro atoms. The van der Waals surface area contributed by atoms with Gasteiger partial charge in [0.15, 0.2) is 11.6 Å². The Balaban J connectivity index is 2.43. The number of benzene rings is 1. The maximum atomic E-state index is 14.1. The molecule has 1 aromatic carbocycles. The van der Waals surface area contributed by atoms with Gasteiger partial charge in [-0.3, -0.25) is 0 Å². The van der Waals surface area contributed by atoms with E-state index in [1.165, 1.54) is 18.4 Å². The Kier molecular flexibility index (Phi) is 3.99. The molecule has 1 heterocycles. The van der Waals surface area contributed by atoms with E-state index in [0.29, 0.717) is 0 Å². The van der Waals surface area contributed by atoms with Gasteiger partial charge in [-0.2, -0.15) is 0 Å². The quantitative estimate of drug-likeness (QED) is 0.917. The van der Waals surface area contributed by atoms with Crippen molar-refractivity contribution < 1.29 is 14.2 Å². The van der Waals surface area contributed by atoms with Gasteiger partial charge in [0, 0.05) is 10.4 Å². The largest absolute Gasteiger partial charge is 0.494 e. The van der Waals surface area contributed by atoms with Crippen LogP contribution in [0.5, 0.6) is 5.75 Å². The zero-order valence-corrected chi connectivity index (χ0v) is 11.1. The molecular weight excluding hydrogens is 251 g/mol. The molecule has 2 aromatic rings. The summed E-state index contributed by atoms with van der Waals surface area (Å²) in [5, 5.41) is 12.2. The Morgan fingerprint density at radius 2 is 2.17 bits per heavy atom. The van der Waals surface area contributed by atoms with Crippen molar-refractivity contribution in [2.45, 2.75) is 19.4 Å². The highest BCUT2D eigenvalue weighted by molar-refractivity contribution is 7.10. The summed E-state index contributed by atoms with van der Waals surface area (Å²) in [4.78, 5) is 0.796. The fourth-order valence-corrected chi connectivity index (χ4v) is 2.92. The van der Waals surface area contributed by atoms with Crippen molar-refractivity contribution in [3.8, 4) is 5.75 Å². The second kappa shape index (κ2) is 5.50. The number of rotatable bonds is 4. The van der Waals surface area contributed by atoms with Crippen LogP contribution < -0.4 is 4.74 Å². The lowest BCUT2D eigenvalue weighted by Crippen LogP contribution is -2.04. The van der Waals surface area contributed by atoms with E-state index in [2.05, 4.69) is 0 Å². The molecule has 2 rings (SSSR count). The molecule has 18 heavy (non-hydrogen) atoms. The minimum absolute atomic E-state index is 0.154. The summed E-state index contributed by atoms with van der Waals surface area (Å²) in [7, 11) is 1.41. The van der Waals surface area contributed by atoms with Crippen LogP contribution in [0.4, 0.5) is 4.39 Å². The van der Waals surface area contributed by atoms with Gasteiger partial charge in [-0.15, -0.1) is 11.3 Å². The van der Waals surface area contributed by atoms with Gasteiger partial charge in [-0.05, 0) is 29.5 Å². The van der Waals surface area contributed by atoms with Crippen LogP contribution in [0.25, 0.3) is 0 Å². The highest BCUT2D eigenvalue weighted by Gasteiger charge is 2.20. The minimum Gasteiger partial charge on any atom is -0.494 e. The third kappa shape index (κ3) is 2.26. The lowest BCUT2D eigenvalue weighted by atomic mass is 10.0. The van der Waals surface area contributed by atoms with E-state index in [1.54, 1.807) is 18.2 Å². The van der Waals surface area contributed by atoms with E-state index in [4.69, 9.17) is 4.74 Å². The van der Waals surface area contributed by atoms with Gasteiger partial charge in [0.2, 0.25) is 0 Å². The molecule has 0 saturated heterocycles. The molecule has 0 amide bonds. The fraction of sp³-hybridized carbons (Fsp3) is 0.286. The molecule has 1 atom stereocenters. The molecule has 0 radical (unpaired) electrons. The lowest BCUT2D eigenvalue weighted by molar-refractivity contribution is 0.216. The van der Waals surface area contributed by atoms with E-state index < -0.39 is 11.9 Å². The van der Waals surface area contributed by atoms with Gasteiger partial charge in [0.05, 0.1) is 7.11 Å². The number of hydrogen-bond donors (Lipinski definition) is 1. The van der Waals surface area contributed by atoms with Crippen LogP contribution in [0.2, 0.25) is 0 Å². The number of aliphatic hydroxyl groups excluding tert-OH is 1. The number of aliphatic hydroxyl groups is 1. The van der Waals surface area contributed by atoms with E-state index >= 15 is 0 Å². The van der Waals surface area contributed by atoms with Crippen LogP contribution in [0.3, 0.4) is 0 Å². The summed E-state index contributed by atoms with van der Waals surface area (Å²) in [5.74, 6) is -0.343. The van der Waals surface area contributed by atoms with Crippen LogP contribution in [0.1, 0.15) is 29.0 Å². The minimum atomic E-state index is -0.935. The smallest absolute Gasteiger partial charge is 0.171 e. The Labute approximate surface area is 110 Å². The molecule has 2 nitrogen and oxygen atoms in total. The van der Waals surface area contributed by atoms with Crippen molar-refractivity contribution in [2.24, 2.45) is 0 Å². The topological polar surface area (TPSA) is 29.5 Å². The molecule has 0 aliphatic rings. The van der Waals surface area contributed by atoms with Crippen molar-refractivity contribution in [1.29, 1.82) is 0 Å². The highest BCUT2D eigenvalue weighted by atomic mass is 32.1. The molecular formula is C14H15FO2S. The molecule has 0 aliphatic carbocycles. The van der Waals surface area contributed by atoms with Gasteiger partial charge in [-0.1, -0.05) is 19.1 Å². The molecule has 1 unspecified atom stereocenters. The summed E-state index contributed by atoms with van der Waals surface area (Å²) in [6, 6.07) is 6.77. The first-order chi connectivity index (χ1) is 8.69. The summed E-state index contributed by atoms with van der Waals surface area (Å²) in [6.07, 6.45) is -0.114. The Morgan fingerprint density at radius 1 is 1.39 bits per heavy atom. The van der Waals surface area contributed by atoms with Crippen molar-refractivity contribution in [1.82, 2.24) is 0 Å². The van der Waals surface area contributed by atoms with Crippen molar-refractivity contribution in [2.75, 3.05) is 7.11 Å².